The molecule has 0 bridgehead atoms. The van der Waals surface area contributed by atoms with E-state index in [-0.39, 0.29) is 18.6 Å². The standard InChI is InChI=1S/C12H12N4O3S/c1-2-4-13-12(19)15-9(17)6-16-7-14-10-8(11(16)18)3-5-20-10/h2-3,5,7H,1,4,6H2,(H2,13,15,17,19). The average molecular weight is 292 g/mol. The van der Waals surface area contributed by atoms with Crippen LogP contribution < -0.4 is 16.2 Å². The Morgan fingerprint density at radius 1 is 1.50 bits per heavy atom. The molecule has 2 aromatic heterocycles. The van der Waals surface area contributed by atoms with Crippen molar-refractivity contribution in [2.24, 2.45) is 0 Å². The zero-order valence-electron chi connectivity index (χ0n) is 10.5. The third kappa shape index (κ3) is 3.09. The van der Waals surface area contributed by atoms with E-state index in [2.05, 4.69) is 22.2 Å². The molecule has 0 aliphatic carbocycles. The van der Waals surface area contributed by atoms with Crippen molar-refractivity contribution >= 4 is 33.5 Å². The molecule has 2 heterocycles. The van der Waals surface area contributed by atoms with E-state index in [9.17, 15) is 14.4 Å². The van der Waals surface area contributed by atoms with Gasteiger partial charge >= 0.3 is 6.03 Å². The number of hydrogen-bond donors (Lipinski definition) is 2. The molecule has 0 aliphatic rings. The van der Waals surface area contributed by atoms with Gasteiger partial charge in [0.2, 0.25) is 5.91 Å². The molecule has 2 rings (SSSR count). The number of hydrogen-bond acceptors (Lipinski definition) is 5. The van der Waals surface area contributed by atoms with E-state index < -0.39 is 11.9 Å². The van der Waals surface area contributed by atoms with E-state index in [0.29, 0.717) is 10.2 Å². The lowest BCUT2D eigenvalue weighted by molar-refractivity contribution is -0.120. The van der Waals surface area contributed by atoms with Crippen LogP contribution >= 0.6 is 11.3 Å². The summed E-state index contributed by atoms with van der Waals surface area (Å²) in [6.45, 7) is 3.42. The Labute approximate surface area is 117 Å². The second kappa shape index (κ2) is 6.11. The predicted octanol–water partition coefficient (Wildman–Crippen LogP) is 0.470. The zero-order valence-corrected chi connectivity index (χ0v) is 11.3. The number of nitrogens with one attached hydrogen (secondary N) is 2. The van der Waals surface area contributed by atoms with Gasteiger partial charge in [-0.3, -0.25) is 19.5 Å². The molecule has 0 saturated heterocycles. The van der Waals surface area contributed by atoms with Crippen molar-refractivity contribution in [3.8, 4) is 0 Å². The molecule has 8 heteroatoms. The monoisotopic (exact) mass is 292 g/mol. The van der Waals surface area contributed by atoms with Gasteiger partial charge in [-0.15, -0.1) is 17.9 Å². The Balaban J connectivity index is 2.06. The van der Waals surface area contributed by atoms with Crippen LogP contribution in [0.25, 0.3) is 10.2 Å². The lowest BCUT2D eigenvalue weighted by Gasteiger charge is -2.06. The molecule has 104 valence electrons. The summed E-state index contributed by atoms with van der Waals surface area (Å²) in [4.78, 5) is 39.6. The van der Waals surface area contributed by atoms with Gasteiger partial charge in [-0.05, 0) is 11.4 Å². The molecule has 7 nitrogen and oxygen atoms in total. The smallest absolute Gasteiger partial charge is 0.321 e. The first-order valence-electron chi connectivity index (χ1n) is 5.73. The molecule has 0 atom stereocenters. The summed E-state index contributed by atoms with van der Waals surface area (Å²) in [6.07, 6.45) is 2.78. The third-order valence-electron chi connectivity index (χ3n) is 2.42. The number of rotatable bonds is 4. The van der Waals surface area contributed by atoms with Crippen LogP contribution in [0.3, 0.4) is 0 Å². The molecule has 2 aromatic rings. The second-order valence-corrected chi connectivity index (χ2v) is 4.76. The van der Waals surface area contributed by atoms with Crippen molar-refractivity contribution in [2.45, 2.75) is 6.54 Å². The number of carbonyl (C=O) groups excluding carboxylic acids is 2. The first-order chi connectivity index (χ1) is 9.61. The SMILES string of the molecule is C=CCNC(=O)NC(=O)Cn1cnc2sccc2c1=O. The highest BCUT2D eigenvalue weighted by Gasteiger charge is 2.10. The largest absolute Gasteiger partial charge is 0.334 e. The maximum Gasteiger partial charge on any atom is 0.321 e. The van der Waals surface area contributed by atoms with E-state index in [4.69, 9.17) is 0 Å². The van der Waals surface area contributed by atoms with Gasteiger partial charge in [0, 0.05) is 6.54 Å². The summed E-state index contributed by atoms with van der Waals surface area (Å²) < 4.78 is 1.16. The topological polar surface area (TPSA) is 93.1 Å². The van der Waals surface area contributed by atoms with Crippen molar-refractivity contribution < 1.29 is 9.59 Å². The molecular formula is C12H12N4O3S. The van der Waals surface area contributed by atoms with Crippen molar-refractivity contribution in [1.82, 2.24) is 20.2 Å². The van der Waals surface area contributed by atoms with Gasteiger partial charge in [0.1, 0.15) is 11.4 Å². The Morgan fingerprint density at radius 3 is 3.05 bits per heavy atom. The van der Waals surface area contributed by atoms with E-state index in [1.807, 2.05) is 0 Å². The van der Waals surface area contributed by atoms with Crippen LogP contribution in [0, 0.1) is 0 Å². The molecule has 3 amide bonds. The number of nitrogens with zero attached hydrogens (tertiary/aromatic N) is 2. The van der Waals surface area contributed by atoms with Crippen LogP contribution in [0.4, 0.5) is 4.79 Å². The number of carbonyl (C=O) groups is 2. The molecule has 0 aromatic carbocycles. The maximum atomic E-state index is 12.0. The number of fused-ring (bicyclic) bond motifs is 1. The first kappa shape index (κ1) is 13.9. The summed E-state index contributed by atoms with van der Waals surface area (Å²) in [5, 5.41) is 6.73. The Kier molecular flexibility index (Phi) is 4.26. The van der Waals surface area contributed by atoms with E-state index >= 15 is 0 Å². The first-order valence-corrected chi connectivity index (χ1v) is 6.61. The highest BCUT2D eigenvalue weighted by Crippen LogP contribution is 2.12. The lowest BCUT2D eigenvalue weighted by Crippen LogP contribution is -2.42. The second-order valence-electron chi connectivity index (χ2n) is 3.86. The zero-order chi connectivity index (χ0) is 14.5. The van der Waals surface area contributed by atoms with Gasteiger partial charge in [-0.2, -0.15) is 0 Å². The summed E-state index contributed by atoms with van der Waals surface area (Å²) in [6, 6.07) is 1.02. The number of urea groups is 1. The molecule has 0 fully saturated rings. The van der Waals surface area contributed by atoms with Crippen molar-refractivity contribution in [3.05, 3.63) is 40.8 Å². The molecule has 0 unspecified atom stereocenters. The molecule has 0 saturated carbocycles. The fraction of sp³-hybridized carbons (Fsp3) is 0.167. The van der Waals surface area contributed by atoms with Crippen molar-refractivity contribution in [2.75, 3.05) is 6.54 Å². The van der Waals surface area contributed by atoms with Crippen molar-refractivity contribution in [1.29, 1.82) is 0 Å². The quantitative estimate of drug-likeness (QED) is 0.801. The minimum atomic E-state index is -0.632. The summed E-state index contributed by atoms with van der Waals surface area (Å²) in [7, 11) is 0. The van der Waals surface area contributed by atoms with Gasteiger partial charge in [-0.1, -0.05) is 6.08 Å². The van der Waals surface area contributed by atoms with E-state index in [1.54, 1.807) is 11.4 Å². The molecule has 20 heavy (non-hydrogen) atoms. The highest BCUT2D eigenvalue weighted by molar-refractivity contribution is 7.16. The molecule has 0 spiro atoms. The Bertz CT molecular complexity index is 719. The molecule has 0 aliphatic heterocycles. The van der Waals surface area contributed by atoms with Crippen LogP contribution in [0.15, 0.2) is 35.2 Å². The van der Waals surface area contributed by atoms with Crippen LogP contribution in [0.5, 0.6) is 0 Å². The van der Waals surface area contributed by atoms with Gasteiger partial charge < -0.3 is 5.32 Å². The highest BCUT2D eigenvalue weighted by atomic mass is 32.1. The Hall–Kier alpha value is -2.48. The van der Waals surface area contributed by atoms with Gasteiger partial charge in [-0.25, -0.2) is 9.78 Å². The van der Waals surface area contributed by atoms with Crippen LogP contribution in [0.2, 0.25) is 0 Å². The predicted molar refractivity (Wildman–Crippen MR) is 75.6 cm³/mol. The average Bonchev–Trinajstić information content (AvgIpc) is 2.88. The van der Waals surface area contributed by atoms with Gasteiger partial charge in [0.05, 0.1) is 11.7 Å². The number of imide groups is 1. The van der Waals surface area contributed by atoms with E-state index in [1.165, 1.54) is 23.7 Å². The molecular weight excluding hydrogens is 280 g/mol. The normalized spacial score (nSPS) is 10.2. The third-order valence-corrected chi connectivity index (χ3v) is 3.25. The van der Waals surface area contributed by atoms with Crippen LogP contribution in [0.1, 0.15) is 0 Å². The van der Waals surface area contributed by atoms with Crippen LogP contribution in [-0.4, -0.2) is 28.0 Å². The Morgan fingerprint density at radius 2 is 2.30 bits per heavy atom. The maximum absolute atomic E-state index is 12.0. The number of thiophene rings is 1. The minimum absolute atomic E-state index is 0.251. The fourth-order valence-electron chi connectivity index (χ4n) is 1.54. The summed E-state index contributed by atoms with van der Waals surface area (Å²) in [5.41, 5.74) is -0.308. The number of amides is 3. The minimum Gasteiger partial charge on any atom is -0.334 e. The van der Waals surface area contributed by atoms with Crippen LogP contribution in [-0.2, 0) is 11.3 Å². The van der Waals surface area contributed by atoms with Gasteiger partial charge in [0.15, 0.2) is 0 Å². The fourth-order valence-corrected chi connectivity index (χ4v) is 2.26. The lowest BCUT2D eigenvalue weighted by atomic mass is 10.4. The van der Waals surface area contributed by atoms with Crippen molar-refractivity contribution in [3.63, 3.8) is 0 Å². The molecule has 2 N–H and O–H groups in total. The molecule has 0 radical (unpaired) electrons. The summed E-state index contributed by atoms with van der Waals surface area (Å²) >= 11 is 1.35. The summed E-state index contributed by atoms with van der Waals surface area (Å²) in [5.74, 6) is -0.593. The number of aromatic nitrogens is 2. The van der Waals surface area contributed by atoms with Gasteiger partial charge in [0.25, 0.3) is 5.56 Å². The van der Waals surface area contributed by atoms with E-state index in [0.717, 1.165) is 4.57 Å².